The molecule has 150 valence electrons. The van der Waals surface area contributed by atoms with Crippen LogP contribution in [0.3, 0.4) is 0 Å². The topological polar surface area (TPSA) is 86.6 Å². The standard InChI is InChI=1S/C20H20F3NO4/c1-11-4-3-5-12(2)15(11)10-16(19(27)28)24-18(26)17(25)13-6-8-14(9-7-13)20(21,22)23/h3-9,16-17,25H,10H2,1-2H3,(H,24,26)(H,27,28)/t16-,17+/m0/s1. The van der Waals surface area contributed by atoms with Crippen LogP contribution in [0.2, 0.25) is 0 Å². The number of hydrogen-bond acceptors (Lipinski definition) is 3. The summed E-state index contributed by atoms with van der Waals surface area (Å²) in [7, 11) is 0. The molecule has 0 unspecified atom stereocenters. The number of carbonyl (C=O) groups is 2. The maximum atomic E-state index is 12.6. The fourth-order valence-electron chi connectivity index (χ4n) is 2.83. The first-order chi connectivity index (χ1) is 13.0. The summed E-state index contributed by atoms with van der Waals surface area (Å²) >= 11 is 0. The van der Waals surface area contributed by atoms with Gasteiger partial charge in [-0.05, 0) is 48.2 Å². The average Bonchev–Trinajstić information content (AvgIpc) is 2.62. The van der Waals surface area contributed by atoms with Crippen molar-refractivity contribution in [1.82, 2.24) is 5.32 Å². The quantitative estimate of drug-likeness (QED) is 0.701. The van der Waals surface area contributed by atoms with Crippen LogP contribution in [0.1, 0.15) is 33.9 Å². The van der Waals surface area contributed by atoms with Gasteiger partial charge in [-0.25, -0.2) is 4.79 Å². The number of alkyl halides is 3. The fourth-order valence-corrected chi connectivity index (χ4v) is 2.83. The number of carboxylic acid groups (broad SMARTS) is 1. The van der Waals surface area contributed by atoms with Crippen molar-refractivity contribution in [3.63, 3.8) is 0 Å². The van der Waals surface area contributed by atoms with Crippen molar-refractivity contribution in [2.45, 2.75) is 38.6 Å². The zero-order valence-corrected chi connectivity index (χ0v) is 15.2. The van der Waals surface area contributed by atoms with E-state index >= 15 is 0 Å². The zero-order chi connectivity index (χ0) is 21.1. The Hall–Kier alpha value is -2.87. The Kier molecular flexibility index (Phi) is 6.45. The molecule has 0 radical (unpaired) electrons. The van der Waals surface area contributed by atoms with Crippen LogP contribution in [0.5, 0.6) is 0 Å². The lowest BCUT2D eigenvalue weighted by atomic mass is 9.96. The van der Waals surface area contributed by atoms with Gasteiger partial charge in [-0.1, -0.05) is 30.3 Å². The molecular formula is C20H20F3NO4. The van der Waals surface area contributed by atoms with Crippen LogP contribution in [-0.4, -0.2) is 28.1 Å². The molecule has 0 aliphatic heterocycles. The minimum absolute atomic E-state index is 0.0132. The second kappa shape index (κ2) is 8.43. The van der Waals surface area contributed by atoms with Gasteiger partial charge in [-0.15, -0.1) is 0 Å². The Labute approximate surface area is 159 Å². The molecule has 2 rings (SSSR count). The molecule has 2 aromatic rings. The van der Waals surface area contributed by atoms with Crippen molar-refractivity contribution in [1.29, 1.82) is 0 Å². The van der Waals surface area contributed by atoms with Crippen molar-refractivity contribution < 1.29 is 33.0 Å². The molecule has 0 spiro atoms. The van der Waals surface area contributed by atoms with Gasteiger partial charge in [0.15, 0.2) is 6.10 Å². The summed E-state index contributed by atoms with van der Waals surface area (Å²) in [5.74, 6) is -2.28. The third-order valence-electron chi connectivity index (χ3n) is 4.47. The minimum Gasteiger partial charge on any atom is -0.480 e. The van der Waals surface area contributed by atoms with Crippen molar-refractivity contribution in [2.24, 2.45) is 0 Å². The van der Waals surface area contributed by atoms with Gasteiger partial charge < -0.3 is 15.5 Å². The van der Waals surface area contributed by atoms with E-state index in [0.29, 0.717) is 0 Å². The van der Waals surface area contributed by atoms with Gasteiger partial charge in [-0.2, -0.15) is 13.2 Å². The maximum Gasteiger partial charge on any atom is 0.416 e. The first-order valence-corrected chi connectivity index (χ1v) is 8.44. The number of halogens is 3. The molecule has 2 aromatic carbocycles. The highest BCUT2D eigenvalue weighted by molar-refractivity contribution is 5.87. The highest BCUT2D eigenvalue weighted by Crippen LogP contribution is 2.30. The third-order valence-corrected chi connectivity index (χ3v) is 4.47. The molecule has 0 saturated heterocycles. The van der Waals surface area contributed by atoms with Crippen molar-refractivity contribution in [2.75, 3.05) is 0 Å². The first kappa shape index (κ1) is 21.4. The smallest absolute Gasteiger partial charge is 0.416 e. The van der Waals surface area contributed by atoms with E-state index < -0.39 is 35.8 Å². The van der Waals surface area contributed by atoms with Gasteiger partial charge in [0.2, 0.25) is 0 Å². The van der Waals surface area contributed by atoms with Crippen LogP contribution >= 0.6 is 0 Å². The molecule has 0 bridgehead atoms. The molecule has 28 heavy (non-hydrogen) atoms. The van der Waals surface area contributed by atoms with E-state index in [1.807, 2.05) is 32.0 Å². The summed E-state index contributed by atoms with van der Waals surface area (Å²) in [6.07, 6.45) is -6.31. The molecule has 5 nitrogen and oxygen atoms in total. The number of hydrogen-bond donors (Lipinski definition) is 3. The molecule has 0 aliphatic rings. The summed E-state index contributed by atoms with van der Waals surface area (Å²) in [5.41, 5.74) is 1.51. The number of aryl methyl sites for hydroxylation is 2. The van der Waals surface area contributed by atoms with E-state index in [0.717, 1.165) is 41.0 Å². The summed E-state index contributed by atoms with van der Waals surface area (Å²) in [6, 6.07) is 7.63. The lowest BCUT2D eigenvalue weighted by Crippen LogP contribution is -2.44. The summed E-state index contributed by atoms with van der Waals surface area (Å²) in [4.78, 5) is 23.8. The van der Waals surface area contributed by atoms with Gasteiger partial charge in [0, 0.05) is 6.42 Å². The van der Waals surface area contributed by atoms with Gasteiger partial charge in [-0.3, -0.25) is 4.79 Å². The second-order valence-electron chi connectivity index (χ2n) is 6.50. The molecule has 0 aliphatic carbocycles. The summed E-state index contributed by atoms with van der Waals surface area (Å²) in [5, 5.41) is 21.8. The lowest BCUT2D eigenvalue weighted by Gasteiger charge is -2.19. The molecule has 2 atom stereocenters. The van der Waals surface area contributed by atoms with Crippen molar-refractivity contribution >= 4 is 11.9 Å². The number of aliphatic hydroxyl groups is 1. The Bertz CT molecular complexity index is 842. The van der Waals surface area contributed by atoms with Gasteiger partial charge in [0.1, 0.15) is 6.04 Å². The highest BCUT2D eigenvalue weighted by Gasteiger charge is 2.31. The fraction of sp³-hybridized carbons (Fsp3) is 0.300. The van der Waals surface area contributed by atoms with E-state index in [9.17, 15) is 33.0 Å². The number of amides is 1. The van der Waals surface area contributed by atoms with Crippen molar-refractivity contribution in [3.05, 3.63) is 70.3 Å². The highest BCUT2D eigenvalue weighted by atomic mass is 19.4. The van der Waals surface area contributed by atoms with Crippen LogP contribution in [0.15, 0.2) is 42.5 Å². The Morgan fingerprint density at radius 3 is 2.04 bits per heavy atom. The molecule has 1 amide bonds. The maximum absolute atomic E-state index is 12.6. The van der Waals surface area contributed by atoms with Crippen LogP contribution < -0.4 is 5.32 Å². The average molecular weight is 395 g/mol. The van der Waals surface area contributed by atoms with E-state index in [-0.39, 0.29) is 12.0 Å². The number of aliphatic carboxylic acids is 1. The number of aliphatic hydroxyl groups excluding tert-OH is 1. The molecule has 0 fully saturated rings. The number of benzene rings is 2. The normalized spacial score (nSPS) is 13.6. The summed E-state index contributed by atoms with van der Waals surface area (Å²) < 4.78 is 37.8. The molecule has 0 aromatic heterocycles. The number of nitrogens with one attached hydrogen (secondary N) is 1. The van der Waals surface area contributed by atoms with E-state index in [1.165, 1.54) is 0 Å². The summed E-state index contributed by atoms with van der Waals surface area (Å²) in [6.45, 7) is 3.64. The van der Waals surface area contributed by atoms with Crippen molar-refractivity contribution in [3.8, 4) is 0 Å². The van der Waals surface area contributed by atoms with E-state index in [4.69, 9.17) is 0 Å². The molecule has 3 N–H and O–H groups in total. The Morgan fingerprint density at radius 1 is 1.04 bits per heavy atom. The molecular weight excluding hydrogens is 375 g/mol. The third kappa shape index (κ3) is 5.10. The number of carboxylic acids is 1. The second-order valence-corrected chi connectivity index (χ2v) is 6.50. The van der Waals surface area contributed by atoms with Gasteiger partial charge in [0.25, 0.3) is 5.91 Å². The largest absolute Gasteiger partial charge is 0.480 e. The predicted octanol–water partition coefficient (Wildman–Crippen LogP) is 3.17. The number of carbonyl (C=O) groups excluding carboxylic acids is 1. The molecule has 8 heteroatoms. The first-order valence-electron chi connectivity index (χ1n) is 8.44. The van der Waals surface area contributed by atoms with Crippen LogP contribution in [0.25, 0.3) is 0 Å². The van der Waals surface area contributed by atoms with E-state index in [1.54, 1.807) is 0 Å². The van der Waals surface area contributed by atoms with Gasteiger partial charge in [0.05, 0.1) is 5.56 Å². The van der Waals surface area contributed by atoms with Crippen LogP contribution in [0, 0.1) is 13.8 Å². The van der Waals surface area contributed by atoms with E-state index in [2.05, 4.69) is 5.32 Å². The predicted molar refractivity (Wildman–Crippen MR) is 95.6 cm³/mol. The Balaban J connectivity index is 2.14. The molecule has 0 saturated carbocycles. The van der Waals surface area contributed by atoms with Crippen LogP contribution in [-0.2, 0) is 22.2 Å². The lowest BCUT2D eigenvalue weighted by molar-refractivity contribution is -0.143. The van der Waals surface area contributed by atoms with Gasteiger partial charge >= 0.3 is 12.1 Å². The van der Waals surface area contributed by atoms with Crippen LogP contribution in [0.4, 0.5) is 13.2 Å². The Morgan fingerprint density at radius 2 is 1.57 bits per heavy atom. The zero-order valence-electron chi connectivity index (χ0n) is 15.2. The SMILES string of the molecule is Cc1cccc(C)c1C[C@H](NC(=O)[C@H](O)c1ccc(C(F)(F)F)cc1)C(=O)O. The number of rotatable bonds is 6. The molecule has 0 heterocycles. The monoisotopic (exact) mass is 395 g/mol. The minimum atomic E-state index is -4.54.